The molecular weight excluding hydrogens is 360 g/mol. The lowest BCUT2D eigenvalue weighted by atomic mass is 10.2. The van der Waals surface area contributed by atoms with Crippen molar-refractivity contribution < 1.29 is 4.74 Å². The number of fused-ring (bicyclic) bond motifs is 1. The van der Waals surface area contributed by atoms with Gasteiger partial charge in [0.05, 0.1) is 12.6 Å². The van der Waals surface area contributed by atoms with E-state index in [-0.39, 0.29) is 0 Å². The van der Waals surface area contributed by atoms with Crippen molar-refractivity contribution in [1.29, 1.82) is 0 Å². The second kappa shape index (κ2) is 7.21. The quantitative estimate of drug-likeness (QED) is 0.516. The van der Waals surface area contributed by atoms with Gasteiger partial charge >= 0.3 is 0 Å². The number of benzene rings is 2. The number of hydrogen-bond acceptors (Lipinski definition) is 5. The summed E-state index contributed by atoms with van der Waals surface area (Å²) in [6.07, 6.45) is 3.47. The Kier molecular flexibility index (Phi) is 4.60. The van der Waals surface area contributed by atoms with Gasteiger partial charge in [0.1, 0.15) is 11.6 Å². The van der Waals surface area contributed by atoms with Crippen molar-refractivity contribution in [3.05, 3.63) is 71.5 Å². The molecule has 2 aromatic heterocycles. The summed E-state index contributed by atoms with van der Waals surface area (Å²) in [7, 11) is 1.66. The minimum absolute atomic E-state index is 0.597. The summed E-state index contributed by atoms with van der Waals surface area (Å²) in [6, 6.07) is 15.3. The number of anilines is 2. The third kappa shape index (κ3) is 3.55. The van der Waals surface area contributed by atoms with E-state index in [4.69, 9.17) is 21.3 Å². The third-order valence-electron chi connectivity index (χ3n) is 4.25. The summed E-state index contributed by atoms with van der Waals surface area (Å²) in [5.41, 5.74) is 3.58. The zero-order chi connectivity index (χ0) is 18.8. The van der Waals surface area contributed by atoms with Crippen molar-refractivity contribution in [2.45, 2.75) is 6.92 Å². The SMILES string of the molecule is COc1cc(Nc2nc(-c3cccnc3)nc3ccc(Cl)cc23)ccc1C. The van der Waals surface area contributed by atoms with E-state index >= 15 is 0 Å². The molecule has 0 saturated heterocycles. The molecule has 0 aliphatic heterocycles. The predicted molar refractivity (Wildman–Crippen MR) is 109 cm³/mol. The van der Waals surface area contributed by atoms with Crippen LogP contribution >= 0.6 is 11.6 Å². The molecule has 2 aromatic carbocycles. The van der Waals surface area contributed by atoms with Gasteiger partial charge in [-0.1, -0.05) is 17.7 Å². The second-order valence-corrected chi connectivity index (χ2v) is 6.54. The fraction of sp³-hybridized carbons (Fsp3) is 0.0952. The van der Waals surface area contributed by atoms with Crippen LogP contribution in [0.2, 0.25) is 5.02 Å². The molecule has 0 atom stereocenters. The fourth-order valence-corrected chi connectivity index (χ4v) is 3.03. The van der Waals surface area contributed by atoms with Crippen molar-refractivity contribution in [3.8, 4) is 17.1 Å². The number of pyridine rings is 1. The third-order valence-corrected chi connectivity index (χ3v) is 4.48. The molecule has 0 unspecified atom stereocenters. The Morgan fingerprint density at radius 1 is 1.04 bits per heavy atom. The highest BCUT2D eigenvalue weighted by atomic mass is 35.5. The Balaban J connectivity index is 1.86. The highest BCUT2D eigenvalue weighted by Crippen LogP contribution is 2.31. The van der Waals surface area contributed by atoms with Gasteiger partial charge in [0, 0.05) is 40.1 Å². The predicted octanol–water partition coefficient (Wildman–Crippen LogP) is 5.41. The van der Waals surface area contributed by atoms with Crippen molar-refractivity contribution in [3.63, 3.8) is 0 Å². The van der Waals surface area contributed by atoms with E-state index in [1.807, 2.05) is 55.5 Å². The van der Waals surface area contributed by atoms with Crippen molar-refractivity contribution >= 4 is 34.0 Å². The topological polar surface area (TPSA) is 59.9 Å². The fourth-order valence-electron chi connectivity index (χ4n) is 2.85. The van der Waals surface area contributed by atoms with Crippen LogP contribution in [0.4, 0.5) is 11.5 Å². The van der Waals surface area contributed by atoms with Gasteiger partial charge in [0.15, 0.2) is 5.82 Å². The molecule has 1 N–H and O–H groups in total. The van der Waals surface area contributed by atoms with E-state index in [0.717, 1.165) is 33.5 Å². The normalized spacial score (nSPS) is 10.8. The monoisotopic (exact) mass is 376 g/mol. The minimum Gasteiger partial charge on any atom is -0.496 e. The summed E-state index contributed by atoms with van der Waals surface area (Å²) >= 11 is 6.21. The van der Waals surface area contributed by atoms with Crippen LogP contribution in [0.1, 0.15) is 5.56 Å². The largest absolute Gasteiger partial charge is 0.496 e. The van der Waals surface area contributed by atoms with Crippen LogP contribution in [-0.2, 0) is 0 Å². The van der Waals surface area contributed by atoms with Gasteiger partial charge < -0.3 is 10.1 Å². The molecule has 0 spiro atoms. The molecule has 0 fully saturated rings. The second-order valence-electron chi connectivity index (χ2n) is 6.11. The number of aryl methyl sites for hydroxylation is 1. The zero-order valence-electron chi connectivity index (χ0n) is 14.9. The number of rotatable bonds is 4. The molecule has 2 heterocycles. The van der Waals surface area contributed by atoms with E-state index in [1.54, 1.807) is 19.5 Å². The number of aromatic nitrogens is 3. The highest BCUT2D eigenvalue weighted by Gasteiger charge is 2.11. The zero-order valence-corrected chi connectivity index (χ0v) is 15.7. The first-order valence-corrected chi connectivity index (χ1v) is 8.81. The number of methoxy groups -OCH3 is 1. The maximum absolute atomic E-state index is 6.21. The first kappa shape index (κ1) is 17.2. The Morgan fingerprint density at radius 3 is 2.70 bits per heavy atom. The molecule has 27 heavy (non-hydrogen) atoms. The van der Waals surface area contributed by atoms with Crippen LogP contribution in [0.15, 0.2) is 60.9 Å². The molecule has 0 amide bonds. The summed E-state index contributed by atoms with van der Waals surface area (Å²) in [5.74, 6) is 2.08. The minimum atomic E-state index is 0.597. The first-order chi connectivity index (χ1) is 13.1. The van der Waals surface area contributed by atoms with Gasteiger partial charge in [-0.05, 0) is 48.9 Å². The van der Waals surface area contributed by atoms with Crippen LogP contribution in [0, 0.1) is 6.92 Å². The molecule has 0 aliphatic carbocycles. The molecule has 6 heteroatoms. The molecule has 0 bridgehead atoms. The maximum atomic E-state index is 6.21. The van der Waals surface area contributed by atoms with Crippen molar-refractivity contribution in [1.82, 2.24) is 15.0 Å². The van der Waals surface area contributed by atoms with Gasteiger partial charge in [-0.25, -0.2) is 9.97 Å². The van der Waals surface area contributed by atoms with Crippen molar-refractivity contribution in [2.75, 3.05) is 12.4 Å². The van der Waals surface area contributed by atoms with Crippen molar-refractivity contribution in [2.24, 2.45) is 0 Å². The lowest BCUT2D eigenvalue weighted by Gasteiger charge is -2.13. The molecular formula is C21H17ClN4O. The Morgan fingerprint density at radius 2 is 1.93 bits per heavy atom. The number of nitrogens with zero attached hydrogens (tertiary/aromatic N) is 3. The van der Waals surface area contributed by atoms with E-state index in [2.05, 4.69) is 15.3 Å². The standard InChI is InChI=1S/C21H17ClN4O/c1-13-5-7-16(11-19(13)27-2)24-21-17-10-15(22)6-8-18(17)25-20(26-21)14-4-3-9-23-12-14/h3-12H,1-2H3,(H,24,25,26). The number of ether oxygens (including phenoxy) is 1. The highest BCUT2D eigenvalue weighted by molar-refractivity contribution is 6.31. The molecule has 134 valence electrons. The van der Waals surface area contributed by atoms with E-state index in [1.165, 1.54) is 0 Å². The summed E-state index contributed by atoms with van der Waals surface area (Å²) < 4.78 is 5.42. The van der Waals surface area contributed by atoms with Gasteiger partial charge in [0.2, 0.25) is 0 Å². The number of nitrogens with one attached hydrogen (secondary N) is 1. The smallest absolute Gasteiger partial charge is 0.163 e. The van der Waals surface area contributed by atoms with Crippen LogP contribution in [0.3, 0.4) is 0 Å². The summed E-state index contributed by atoms with van der Waals surface area (Å²) in [4.78, 5) is 13.5. The van der Waals surface area contributed by atoms with E-state index in [9.17, 15) is 0 Å². The molecule has 4 aromatic rings. The average molecular weight is 377 g/mol. The lowest BCUT2D eigenvalue weighted by molar-refractivity contribution is 0.412. The van der Waals surface area contributed by atoms with Crippen LogP contribution in [0.5, 0.6) is 5.75 Å². The Hall–Kier alpha value is -3.18. The number of halogens is 1. The average Bonchev–Trinajstić information content (AvgIpc) is 2.70. The first-order valence-electron chi connectivity index (χ1n) is 8.43. The van der Waals surface area contributed by atoms with E-state index < -0.39 is 0 Å². The molecule has 0 saturated carbocycles. The summed E-state index contributed by atoms with van der Waals surface area (Å²) in [5, 5.41) is 4.85. The van der Waals surface area contributed by atoms with Gasteiger partial charge in [-0.3, -0.25) is 4.98 Å². The Labute approximate surface area is 162 Å². The van der Waals surface area contributed by atoms with Gasteiger partial charge in [-0.15, -0.1) is 0 Å². The maximum Gasteiger partial charge on any atom is 0.163 e. The van der Waals surface area contributed by atoms with Crippen LogP contribution in [-0.4, -0.2) is 22.1 Å². The lowest BCUT2D eigenvalue weighted by Crippen LogP contribution is -2.00. The van der Waals surface area contributed by atoms with Gasteiger partial charge in [-0.2, -0.15) is 0 Å². The van der Waals surface area contributed by atoms with Gasteiger partial charge in [0.25, 0.3) is 0 Å². The molecule has 5 nitrogen and oxygen atoms in total. The summed E-state index contributed by atoms with van der Waals surface area (Å²) in [6.45, 7) is 2.00. The Bertz CT molecular complexity index is 1120. The molecule has 4 rings (SSSR count). The molecule has 0 aliphatic rings. The van der Waals surface area contributed by atoms with E-state index in [0.29, 0.717) is 16.7 Å². The van der Waals surface area contributed by atoms with Crippen LogP contribution in [0.25, 0.3) is 22.3 Å². The number of hydrogen-bond donors (Lipinski definition) is 1. The van der Waals surface area contributed by atoms with Crippen LogP contribution < -0.4 is 10.1 Å². The molecule has 0 radical (unpaired) electrons.